The lowest BCUT2D eigenvalue weighted by Gasteiger charge is -2.32. The molecule has 0 unspecified atom stereocenters. The Morgan fingerprint density at radius 1 is 1.28 bits per heavy atom. The molecule has 2 N–H and O–H groups in total. The zero-order chi connectivity index (χ0) is 17.4. The highest BCUT2D eigenvalue weighted by Gasteiger charge is 2.19. The molecular weight excluding hydrogens is 437 g/mol. The van der Waals surface area contributed by atoms with Crippen molar-refractivity contribution >= 4 is 29.9 Å². The molecule has 1 heterocycles. The van der Waals surface area contributed by atoms with Crippen LogP contribution >= 0.6 is 24.0 Å². The Bertz CT molecular complexity index is 546. The molecule has 1 aromatic carbocycles. The zero-order valence-electron chi connectivity index (χ0n) is 15.0. The van der Waals surface area contributed by atoms with Gasteiger partial charge in [-0.2, -0.15) is 0 Å². The molecule has 7 heteroatoms. The molecule has 4 nitrogen and oxygen atoms in total. The topological polar surface area (TPSA) is 39.7 Å². The predicted molar refractivity (Wildman–Crippen MR) is 110 cm³/mol. The molecule has 0 bridgehead atoms. The van der Waals surface area contributed by atoms with E-state index in [0.29, 0.717) is 24.6 Å². The third-order valence-corrected chi connectivity index (χ3v) is 4.39. The maximum Gasteiger partial charge on any atom is 0.191 e. The lowest BCUT2D eigenvalue weighted by Crippen LogP contribution is -2.49. The molecule has 0 radical (unpaired) electrons. The van der Waals surface area contributed by atoms with Crippen LogP contribution in [0.4, 0.5) is 8.78 Å². The van der Waals surface area contributed by atoms with Crippen LogP contribution in [0.1, 0.15) is 31.7 Å². The number of nitrogens with one attached hydrogen (secondary N) is 2. The van der Waals surface area contributed by atoms with Crippen molar-refractivity contribution in [3.8, 4) is 0 Å². The van der Waals surface area contributed by atoms with Crippen LogP contribution in [0, 0.1) is 11.6 Å². The molecule has 1 aliphatic rings. The number of halogens is 3. The molecule has 25 heavy (non-hydrogen) atoms. The van der Waals surface area contributed by atoms with E-state index < -0.39 is 5.82 Å². The summed E-state index contributed by atoms with van der Waals surface area (Å²) in [5.41, 5.74) is 0.380. The first-order valence-corrected chi connectivity index (χ1v) is 8.75. The van der Waals surface area contributed by atoms with Gasteiger partial charge in [-0.3, -0.25) is 4.99 Å². The van der Waals surface area contributed by atoms with E-state index in [1.165, 1.54) is 25.1 Å². The van der Waals surface area contributed by atoms with Crippen LogP contribution in [0.5, 0.6) is 0 Å². The number of likely N-dealkylation sites (tertiary alicyclic amines) is 1. The maximum atomic E-state index is 13.6. The second-order valence-electron chi connectivity index (χ2n) is 6.24. The molecular formula is C18H29F2IN4. The van der Waals surface area contributed by atoms with E-state index in [2.05, 4.69) is 27.4 Å². The van der Waals surface area contributed by atoms with Crippen molar-refractivity contribution in [1.82, 2.24) is 15.5 Å². The van der Waals surface area contributed by atoms with Gasteiger partial charge in [0.1, 0.15) is 11.6 Å². The van der Waals surface area contributed by atoms with Crippen molar-refractivity contribution in [1.29, 1.82) is 0 Å². The summed E-state index contributed by atoms with van der Waals surface area (Å²) >= 11 is 0. The van der Waals surface area contributed by atoms with Crippen molar-refractivity contribution < 1.29 is 8.78 Å². The van der Waals surface area contributed by atoms with Gasteiger partial charge in [-0.05, 0) is 56.0 Å². The van der Waals surface area contributed by atoms with E-state index in [1.54, 1.807) is 7.05 Å². The quantitative estimate of drug-likeness (QED) is 0.385. The molecule has 0 aromatic heterocycles. The smallest absolute Gasteiger partial charge is 0.191 e. The Morgan fingerprint density at radius 3 is 2.64 bits per heavy atom. The molecule has 1 aromatic rings. The lowest BCUT2D eigenvalue weighted by atomic mass is 10.1. The summed E-state index contributed by atoms with van der Waals surface area (Å²) in [6, 6.07) is 3.96. The van der Waals surface area contributed by atoms with E-state index in [0.717, 1.165) is 38.0 Å². The zero-order valence-corrected chi connectivity index (χ0v) is 17.4. The van der Waals surface area contributed by atoms with Crippen molar-refractivity contribution in [3.63, 3.8) is 0 Å². The number of hydrogen-bond donors (Lipinski definition) is 2. The molecule has 1 fully saturated rings. The number of hydrogen-bond acceptors (Lipinski definition) is 2. The van der Waals surface area contributed by atoms with Gasteiger partial charge in [0.05, 0.1) is 0 Å². The Hall–Kier alpha value is -0.960. The first kappa shape index (κ1) is 22.1. The molecule has 1 saturated heterocycles. The molecule has 0 atom stereocenters. The normalized spacial score (nSPS) is 16.4. The average Bonchev–Trinajstić information content (AvgIpc) is 2.59. The van der Waals surface area contributed by atoms with Crippen molar-refractivity contribution in [2.75, 3.05) is 33.2 Å². The van der Waals surface area contributed by atoms with Crippen LogP contribution in [-0.4, -0.2) is 50.1 Å². The predicted octanol–water partition coefficient (Wildman–Crippen LogP) is 3.16. The minimum atomic E-state index is -0.409. The van der Waals surface area contributed by atoms with Gasteiger partial charge in [-0.15, -0.1) is 24.0 Å². The Morgan fingerprint density at radius 2 is 2.00 bits per heavy atom. The summed E-state index contributed by atoms with van der Waals surface area (Å²) in [5, 5.41) is 6.61. The maximum absolute atomic E-state index is 13.6. The van der Waals surface area contributed by atoms with E-state index >= 15 is 0 Å². The van der Waals surface area contributed by atoms with E-state index in [-0.39, 0.29) is 29.8 Å². The van der Waals surface area contributed by atoms with Crippen LogP contribution in [-0.2, 0) is 6.42 Å². The van der Waals surface area contributed by atoms with Crippen LogP contribution in [0.25, 0.3) is 0 Å². The number of nitrogens with zero attached hydrogens (tertiary/aromatic N) is 2. The standard InChI is InChI=1S/C18H28F2N4.HI/c1-3-10-24-11-7-16(8-12-24)23-18(21-2)22-9-6-14-13-15(19)4-5-17(14)20;/h4-5,13,16H,3,6-12H2,1-2H3,(H2,21,22,23);1H. The van der Waals surface area contributed by atoms with Gasteiger partial charge in [-0.1, -0.05) is 6.92 Å². The Balaban J connectivity index is 0.00000312. The summed E-state index contributed by atoms with van der Waals surface area (Å²) in [7, 11) is 1.73. The third-order valence-electron chi connectivity index (χ3n) is 4.39. The number of aliphatic imine (C=N–C) groups is 1. The van der Waals surface area contributed by atoms with Gasteiger partial charge in [0.2, 0.25) is 0 Å². The van der Waals surface area contributed by atoms with E-state index in [4.69, 9.17) is 0 Å². The van der Waals surface area contributed by atoms with Gasteiger partial charge < -0.3 is 15.5 Å². The highest BCUT2D eigenvalue weighted by atomic mass is 127. The van der Waals surface area contributed by atoms with Crippen molar-refractivity contribution in [2.24, 2.45) is 4.99 Å². The van der Waals surface area contributed by atoms with Crippen LogP contribution in [0.2, 0.25) is 0 Å². The summed E-state index contributed by atoms with van der Waals surface area (Å²) in [4.78, 5) is 6.71. The molecule has 1 aliphatic heterocycles. The second kappa shape index (κ2) is 11.6. The fraction of sp³-hybridized carbons (Fsp3) is 0.611. The molecule has 0 spiro atoms. The van der Waals surface area contributed by atoms with Gasteiger partial charge in [0, 0.05) is 32.7 Å². The molecule has 142 valence electrons. The lowest BCUT2D eigenvalue weighted by molar-refractivity contribution is 0.206. The Labute approximate surface area is 166 Å². The van der Waals surface area contributed by atoms with E-state index in [9.17, 15) is 8.78 Å². The molecule has 0 amide bonds. The largest absolute Gasteiger partial charge is 0.356 e. The van der Waals surface area contributed by atoms with Gasteiger partial charge in [0.25, 0.3) is 0 Å². The first-order chi connectivity index (χ1) is 11.6. The summed E-state index contributed by atoms with van der Waals surface area (Å²) in [5.74, 6) is -0.0575. The Kier molecular flexibility index (Phi) is 10.3. The van der Waals surface area contributed by atoms with Gasteiger partial charge >= 0.3 is 0 Å². The van der Waals surface area contributed by atoms with E-state index in [1.807, 2.05) is 0 Å². The number of piperidine rings is 1. The van der Waals surface area contributed by atoms with Crippen molar-refractivity contribution in [3.05, 3.63) is 35.4 Å². The fourth-order valence-electron chi connectivity index (χ4n) is 3.06. The summed E-state index contributed by atoms with van der Waals surface area (Å²) in [6.07, 6.45) is 3.80. The molecule has 0 saturated carbocycles. The summed E-state index contributed by atoms with van der Waals surface area (Å²) in [6.45, 7) is 6.10. The first-order valence-electron chi connectivity index (χ1n) is 8.75. The molecule has 0 aliphatic carbocycles. The van der Waals surface area contributed by atoms with Crippen molar-refractivity contribution in [2.45, 2.75) is 38.6 Å². The number of rotatable bonds is 6. The molecule has 2 rings (SSSR count). The number of benzene rings is 1. The van der Waals surface area contributed by atoms with Crippen LogP contribution in [0.15, 0.2) is 23.2 Å². The SMILES string of the molecule is CCCN1CCC(NC(=NC)NCCc2cc(F)ccc2F)CC1.I. The minimum absolute atomic E-state index is 0. The van der Waals surface area contributed by atoms with Gasteiger partial charge in [0.15, 0.2) is 5.96 Å². The summed E-state index contributed by atoms with van der Waals surface area (Å²) < 4.78 is 26.8. The van der Waals surface area contributed by atoms with Crippen LogP contribution in [0.3, 0.4) is 0 Å². The second-order valence-corrected chi connectivity index (χ2v) is 6.24. The monoisotopic (exact) mass is 466 g/mol. The minimum Gasteiger partial charge on any atom is -0.356 e. The highest BCUT2D eigenvalue weighted by molar-refractivity contribution is 14.0. The third kappa shape index (κ3) is 7.43. The fourth-order valence-corrected chi connectivity index (χ4v) is 3.06. The highest BCUT2D eigenvalue weighted by Crippen LogP contribution is 2.11. The number of guanidine groups is 1. The van der Waals surface area contributed by atoms with Crippen LogP contribution < -0.4 is 10.6 Å². The van der Waals surface area contributed by atoms with Gasteiger partial charge in [-0.25, -0.2) is 8.78 Å². The average molecular weight is 466 g/mol.